The van der Waals surface area contributed by atoms with E-state index in [-0.39, 0.29) is 5.91 Å². The molecule has 0 bridgehead atoms. The molecule has 132 valence electrons. The minimum atomic E-state index is -0.196. The molecule has 0 fully saturated rings. The summed E-state index contributed by atoms with van der Waals surface area (Å²) in [6.45, 7) is 5.16. The van der Waals surface area contributed by atoms with Crippen LogP contribution in [0.25, 0.3) is 0 Å². The molecule has 0 spiro atoms. The van der Waals surface area contributed by atoms with E-state index in [9.17, 15) is 4.79 Å². The number of rotatable bonds is 7. The topological polar surface area (TPSA) is 50.7 Å². The van der Waals surface area contributed by atoms with Crippen LogP contribution < -0.4 is 5.32 Å². The Labute approximate surface area is 149 Å². The maximum Gasteiger partial charge on any atom is 0.291 e. The Morgan fingerprint density at radius 3 is 2.48 bits per heavy atom. The van der Waals surface area contributed by atoms with E-state index in [0.29, 0.717) is 24.7 Å². The molecule has 0 unspecified atom stereocenters. The molecule has 0 radical (unpaired) electrons. The Bertz CT molecular complexity index is 679. The maximum absolute atomic E-state index is 12.3. The van der Waals surface area contributed by atoms with Crippen molar-refractivity contribution in [2.45, 2.75) is 33.1 Å². The molecule has 0 atom stereocenters. The molecule has 0 aromatic heterocycles. The zero-order valence-electron chi connectivity index (χ0n) is 15.0. The summed E-state index contributed by atoms with van der Waals surface area (Å²) < 4.78 is 5.58. The molecule has 4 nitrogen and oxygen atoms in total. The third-order valence-corrected chi connectivity index (χ3v) is 3.70. The molecule has 2 rings (SSSR count). The number of hydrogen-bond donors (Lipinski definition) is 1. The van der Waals surface area contributed by atoms with E-state index in [1.165, 1.54) is 5.56 Å². The lowest BCUT2D eigenvalue weighted by Gasteiger charge is -2.10. The fourth-order valence-electron chi connectivity index (χ4n) is 2.30. The molecule has 0 saturated heterocycles. The molecule has 0 aliphatic rings. The molecule has 4 heteroatoms. The molecule has 1 N–H and O–H groups in total. The summed E-state index contributed by atoms with van der Waals surface area (Å²) in [5.41, 5.74) is 3.01. The van der Waals surface area contributed by atoms with Crippen LogP contribution in [0.5, 0.6) is 0 Å². The molecule has 0 aliphatic heterocycles. The molecule has 2 aromatic rings. The van der Waals surface area contributed by atoms with Crippen LogP contribution in [-0.4, -0.2) is 25.1 Å². The second-order valence-electron chi connectivity index (χ2n) is 5.94. The average Bonchev–Trinajstić information content (AvgIpc) is 2.64. The van der Waals surface area contributed by atoms with Gasteiger partial charge in [-0.1, -0.05) is 55.0 Å². The Balaban J connectivity index is 1.90. The summed E-state index contributed by atoms with van der Waals surface area (Å²) in [5, 5.41) is 2.78. The summed E-state index contributed by atoms with van der Waals surface area (Å²) in [4.78, 5) is 16.7. The van der Waals surface area contributed by atoms with Crippen molar-refractivity contribution < 1.29 is 9.53 Å². The van der Waals surface area contributed by atoms with Gasteiger partial charge in [-0.2, -0.15) is 0 Å². The van der Waals surface area contributed by atoms with E-state index in [2.05, 4.69) is 22.4 Å². The standard InChI is InChI=1S/C21H26N2O2/c1-3-16-25-21(22-15-7-10-18-8-5-4-6-9-18)23-20(24)19-13-11-17(2)12-14-19/h4-6,8-9,11-14H,3,7,10,15-16H2,1-2H3,(H,22,23,24). The lowest BCUT2D eigenvalue weighted by atomic mass is 10.1. The van der Waals surface area contributed by atoms with Crippen LogP contribution in [0.4, 0.5) is 0 Å². The maximum atomic E-state index is 12.3. The quantitative estimate of drug-likeness (QED) is 0.468. The van der Waals surface area contributed by atoms with Crippen molar-refractivity contribution in [2.75, 3.05) is 13.2 Å². The highest BCUT2D eigenvalue weighted by atomic mass is 16.5. The predicted molar refractivity (Wildman–Crippen MR) is 102 cm³/mol. The Kier molecular flexibility index (Phi) is 7.70. The normalized spacial score (nSPS) is 11.2. The minimum Gasteiger partial charge on any atom is -0.465 e. The van der Waals surface area contributed by atoms with Crippen LogP contribution in [0.1, 0.15) is 41.3 Å². The van der Waals surface area contributed by atoms with E-state index in [4.69, 9.17) is 4.74 Å². The first-order chi connectivity index (χ1) is 12.2. The molecule has 2 aromatic carbocycles. The number of ether oxygens (including phenoxy) is 1. The largest absolute Gasteiger partial charge is 0.465 e. The molecule has 0 aliphatic carbocycles. The van der Waals surface area contributed by atoms with Crippen molar-refractivity contribution in [3.63, 3.8) is 0 Å². The molecular formula is C21H26N2O2. The summed E-state index contributed by atoms with van der Waals surface area (Å²) >= 11 is 0. The molecule has 0 saturated carbocycles. The number of amidine groups is 1. The van der Waals surface area contributed by atoms with Gasteiger partial charge in [0.05, 0.1) is 6.61 Å². The average molecular weight is 338 g/mol. The van der Waals surface area contributed by atoms with Crippen molar-refractivity contribution in [2.24, 2.45) is 4.99 Å². The van der Waals surface area contributed by atoms with Gasteiger partial charge < -0.3 is 4.74 Å². The van der Waals surface area contributed by atoms with E-state index >= 15 is 0 Å². The Hall–Kier alpha value is -2.62. The minimum absolute atomic E-state index is 0.196. The first kappa shape index (κ1) is 18.7. The molecule has 1 amide bonds. The van der Waals surface area contributed by atoms with Crippen molar-refractivity contribution in [1.82, 2.24) is 5.32 Å². The number of aliphatic imine (C=N–C) groups is 1. The third kappa shape index (κ3) is 6.79. The van der Waals surface area contributed by atoms with Crippen LogP contribution in [0.2, 0.25) is 0 Å². The van der Waals surface area contributed by atoms with Crippen LogP contribution in [0.15, 0.2) is 59.6 Å². The van der Waals surface area contributed by atoms with Crippen molar-refractivity contribution in [3.05, 3.63) is 71.3 Å². The van der Waals surface area contributed by atoms with Gasteiger partial charge in [0.25, 0.3) is 11.9 Å². The van der Waals surface area contributed by atoms with Gasteiger partial charge in [-0.25, -0.2) is 4.99 Å². The van der Waals surface area contributed by atoms with Gasteiger partial charge in [0, 0.05) is 12.1 Å². The zero-order chi connectivity index (χ0) is 17.9. The number of aryl methyl sites for hydroxylation is 2. The summed E-state index contributed by atoms with van der Waals surface area (Å²) in [6, 6.07) is 18.0. The number of benzene rings is 2. The second-order valence-corrected chi connectivity index (χ2v) is 5.94. The fourth-order valence-corrected chi connectivity index (χ4v) is 2.30. The van der Waals surface area contributed by atoms with Crippen molar-refractivity contribution in [1.29, 1.82) is 0 Å². The number of nitrogens with one attached hydrogen (secondary N) is 1. The number of carbonyl (C=O) groups is 1. The smallest absolute Gasteiger partial charge is 0.291 e. The highest BCUT2D eigenvalue weighted by molar-refractivity contribution is 6.04. The SMILES string of the molecule is CCCOC(=NCCCc1ccccc1)NC(=O)c1ccc(C)cc1. The highest BCUT2D eigenvalue weighted by Crippen LogP contribution is 2.04. The monoisotopic (exact) mass is 338 g/mol. The summed E-state index contributed by atoms with van der Waals surface area (Å²) in [5.74, 6) is -0.196. The number of nitrogens with zero attached hydrogens (tertiary/aromatic N) is 1. The van der Waals surface area contributed by atoms with Crippen molar-refractivity contribution in [3.8, 4) is 0 Å². The highest BCUT2D eigenvalue weighted by Gasteiger charge is 2.09. The Morgan fingerprint density at radius 2 is 1.80 bits per heavy atom. The van der Waals surface area contributed by atoms with E-state index in [1.54, 1.807) is 12.1 Å². The van der Waals surface area contributed by atoms with E-state index in [0.717, 1.165) is 24.8 Å². The van der Waals surface area contributed by atoms with Gasteiger partial charge >= 0.3 is 0 Å². The first-order valence-corrected chi connectivity index (χ1v) is 8.78. The summed E-state index contributed by atoms with van der Waals surface area (Å²) in [6.07, 6.45) is 2.73. The number of amides is 1. The number of carbonyl (C=O) groups excluding carboxylic acids is 1. The van der Waals surface area contributed by atoms with Gasteiger partial charge in [-0.05, 0) is 43.9 Å². The van der Waals surface area contributed by atoms with Gasteiger partial charge in [0.1, 0.15) is 0 Å². The van der Waals surface area contributed by atoms with Gasteiger partial charge in [-0.3, -0.25) is 10.1 Å². The van der Waals surface area contributed by atoms with Gasteiger partial charge in [0.15, 0.2) is 0 Å². The molecule has 25 heavy (non-hydrogen) atoms. The van der Waals surface area contributed by atoms with E-state index in [1.807, 2.05) is 44.2 Å². The zero-order valence-corrected chi connectivity index (χ0v) is 15.0. The molecule has 0 heterocycles. The van der Waals surface area contributed by atoms with Crippen LogP contribution in [0.3, 0.4) is 0 Å². The van der Waals surface area contributed by atoms with Gasteiger partial charge in [0.2, 0.25) is 0 Å². The van der Waals surface area contributed by atoms with Gasteiger partial charge in [-0.15, -0.1) is 0 Å². The lowest BCUT2D eigenvalue weighted by molar-refractivity contribution is 0.0965. The van der Waals surface area contributed by atoms with Crippen LogP contribution in [-0.2, 0) is 11.2 Å². The molecular weight excluding hydrogens is 312 g/mol. The van der Waals surface area contributed by atoms with Crippen LogP contribution >= 0.6 is 0 Å². The van der Waals surface area contributed by atoms with Crippen LogP contribution in [0, 0.1) is 6.92 Å². The van der Waals surface area contributed by atoms with E-state index < -0.39 is 0 Å². The number of hydrogen-bond acceptors (Lipinski definition) is 3. The van der Waals surface area contributed by atoms with Crippen molar-refractivity contribution >= 4 is 11.9 Å². The lowest BCUT2D eigenvalue weighted by Crippen LogP contribution is -2.33. The predicted octanol–water partition coefficient (Wildman–Crippen LogP) is 4.14. The fraction of sp³-hybridized carbons (Fsp3) is 0.333. The third-order valence-electron chi connectivity index (χ3n) is 3.70. The Morgan fingerprint density at radius 1 is 1.08 bits per heavy atom. The first-order valence-electron chi connectivity index (χ1n) is 8.78. The second kappa shape index (κ2) is 10.3. The summed E-state index contributed by atoms with van der Waals surface area (Å²) in [7, 11) is 0.